The molecule has 2 heterocycles. The zero-order chi connectivity index (χ0) is 19.4. The molecule has 26 heavy (non-hydrogen) atoms. The van der Waals surface area contributed by atoms with Crippen LogP contribution in [0, 0.1) is 13.8 Å². The summed E-state index contributed by atoms with van der Waals surface area (Å²) in [6.45, 7) is 9.10. The highest BCUT2D eigenvalue weighted by molar-refractivity contribution is 6.04. The quantitative estimate of drug-likeness (QED) is 0.591. The predicted octanol–water partition coefficient (Wildman–Crippen LogP) is 1.93. The largest absolute Gasteiger partial charge is 0.462 e. The Balaban J connectivity index is 2.11. The summed E-state index contributed by atoms with van der Waals surface area (Å²) in [6, 6.07) is -0.478. The molecular weight excluding hydrogens is 334 g/mol. The van der Waals surface area contributed by atoms with Gasteiger partial charge in [-0.25, -0.2) is 4.79 Å². The molecule has 0 spiro atoms. The Labute approximate surface area is 154 Å². The second kappa shape index (κ2) is 8.49. The number of hydrogen-bond acceptors (Lipinski definition) is 5. The molecule has 1 aliphatic rings. The number of nitrogens with one attached hydrogen (secondary N) is 1. The molecule has 1 atom stereocenters. The third-order valence-electron chi connectivity index (χ3n) is 5.05. The second-order valence-electron chi connectivity index (χ2n) is 6.89. The van der Waals surface area contributed by atoms with Crippen molar-refractivity contribution >= 4 is 17.7 Å². The Morgan fingerprint density at radius 1 is 1.23 bits per heavy atom. The molecule has 1 aromatic heterocycles. The number of carbonyl (C=O) groups is 3. The molecular formula is C19H29N3O4. The van der Waals surface area contributed by atoms with E-state index >= 15 is 0 Å². The highest BCUT2D eigenvalue weighted by atomic mass is 16.5. The number of amides is 1. The van der Waals surface area contributed by atoms with Gasteiger partial charge in [0.05, 0.1) is 30.5 Å². The zero-order valence-electron chi connectivity index (χ0n) is 16.3. The van der Waals surface area contributed by atoms with E-state index in [4.69, 9.17) is 4.74 Å². The van der Waals surface area contributed by atoms with Gasteiger partial charge in [0.15, 0.2) is 5.78 Å². The van der Waals surface area contributed by atoms with Gasteiger partial charge in [-0.1, -0.05) is 0 Å². The van der Waals surface area contributed by atoms with Crippen molar-refractivity contribution in [3.63, 3.8) is 0 Å². The Morgan fingerprint density at radius 2 is 1.85 bits per heavy atom. The summed E-state index contributed by atoms with van der Waals surface area (Å²) in [7, 11) is 1.77. The van der Waals surface area contributed by atoms with E-state index in [0.717, 1.165) is 25.9 Å². The Hall–Kier alpha value is -2.15. The van der Waals surface area contributed by atoms with Crippen LogP contribution >= 0.6 is 0 Å². The van der Waals surface area contributed by atoms with E-state index in [2.05, 4.69) is 4.98 Å². The molecule has 0 aromatic carbocycles. The SMILES string of the molecule is CCOC(=O)c1c(C)[nH]c(C(=O)C(C)N(C)CC(=O)N2CCCC2)c1C. The molecule has 0 aliphatic carbocycles. The normalized spacial score (nSPS) is 15.4. The van der Waals surface area contributed by atoms with E-state index in [-0.39, 0.29) is 24.8 Å². The van der Waals surface area contributed by atoms with Crippen LogP contribution in [0.4, 0.5) is 0 Å². The lowest BCUT2D eigenvalue weighted by atomic mass is 10.0. The van der Waals surface area contributed by atoms with Crippen LogP contribution in [-0.2, 0) is 9.53 Å². The Kier molecular flexibility index (Phi) is 6.58. The van der Waals surface area contributed by atoms with Crippen molar-refractivity contribution in [3.8, 4) is 0 Å². The fraction of sp³-hybridized carbons (Fsp3) is 0.632. The molecule has 1 saturated heterocycles. The summed E-state index contributed by atoms with van der Waals surface area (Å²) in [5.74, 6) is -0.517. The number of aromatic nitrogens is 1. The summed E-state index contributed by atoms with van der Waals surface area (Å²) in [4.78, 5) is 43.9. The number of ether oxygens (including phenoxy) is 1. The fourth-order valence-electron chi connectivity index (χ4n) is 3.33. The lowest BCUT2D eigenvalue weighted by Crippen LogP contribution is -2.44. The molecule has 0 radical (unpaired) electrons. The van der Waals surface area contributed by atoms with Crippen molar-refractivity contribution in [1.29, 1.82) is 0 Å². The van der Waals surface area contributed by atoms with Crippen LogP contribution in [0.25, 0.3) is 0 Å². The Morgan fingerprint density at radius 3 is 2.42 bits per heavy atom. The van der Waals surface area contributed by atoms with Gasteiger partial charge in [-0.2, -0.15) is 0 Å². The minimum absolute atomic E-state index is 0.0521. The van der Waals surface area contributed by atoms with Crippen LogP contribution in [0.2, 0.25) is 0 Å². The maximum atomic E-state index is 12.9. The van der Waals surface area contributed by atoms with Gasteiger partial charge in [0.1, 0.15) is 0 Å². The molecule has 0 bridgehead atoms. The van der Waals surface area contributed by atoms with Gasteiger partial charge >= 0.3 is 5.97 Å². The van der Waals surface area contributed by atoms with Crippen molar-refractivity contribution in [1.82, 2.24) is 14.8 Å². The predicted molar refractivity (Wildman–Crippen MR) is 98.5 cm³/mol. The van der Waals surface area contributed by atoms with Gasteiger partial charge in [-0.05, 0) is 53.1 Å². The number of rotatable bonds is 7. The third kappa shape index (κ3) is 4.15. The van der Waals surface area contributed by atoms with Gasteiger partial charge in [-0.15, -0.1) is 0 Å². The number of aromatic amines is 1. The summed E-state index contributed by atoms with van der Waals surface area (Å²) < 4.78 is 5.07. The lowest BCUT2D eigenvalue weighted by Gasteiger charge is -2.25. The standard InChI is InChI=1S/C19H29N3O4/c1-6-26-19(25)16-12(2)17(20-13(16)3)18(24)14(4)21(5)11-15(23)22-9-7-8-10-22/h14,20H,6-11H2,1-5H3. The average Bonchev–Trinajstić information content (AvgIpc) is 3.22. The number of aryl methyl sites for hydroxylation is 1. The van der Waals surface area contributed by atoms with Crippen LogP contribution in [0.1, 0.15) is 58.8 Å². The smallest absolute Gasteiger partial charge is 0.340 e. The van der Waals surface area contributed by atoms with Gasteiger partial charge in [0, 0.05) is 18.8 Å². The summed E-state index contributed by atoms with van der Waals surface area (Å²) in [6.07, 6.45) is 2.09. The molecule has 1 unspecified atom stereocenters. The minimum atomic E-state index is -0.478. The monoisotopic (exact) mass is 363 g/mol. The van der Waals surface area contributed by atoms with E-state index in [0.29, 0.717) is 22.5 Å². The van der Waals surface area contributed by atoms with E-state index in [9.17, 15) is 14.4 Å². The molecule has 1 amide bonds. The molecule has 1 fully saturated rings. The zero-order valence-corrected chi connectivity index (χ0v) is 16.3. The number of Topliss-reactive ketones (excluding diaryl/α,β-unsaturated/α-hetero) is 1. The highest BCUT2D eigenvalue weighted by Crippen LogP contribution is 2.21. The first-order valence-corrected chi connectivity index (χ1v) is 9.16. The molecule has 1 aliphatic heterocycles. The van der Waals surface area contributed by atoms with Crippen LogP contribution in [0.15, 0.2) is 0 Å². The molecule has 1 aromatic rings. The maximum absolute atomic E-state index is 12.9. The third-order valence-corrected chi connectivity index (χ3v) is 5.05. The van der Waals surface area contributed by atoms with E-state index in [1.807, 2.05) is 4.90 Å². The molecule has 7 nitrogen and oxygen atoms in total. The maximum Gasteiger partial charge on any atom is 0.340 e. The average molecular weight is 363 g/mol. The number of carbonyl (C=O) groups excluding carboxylic acids is 3. The first kappa shape index (κ1) is 20.2. The van der Waals surface area contributed by atoms with Crippen molar-refractivity contribution < 1.29 is 19.1 Å². The van der Waals surface area contributed by atoms with Crippen LogP contribution < -0.4 is 0 Å². The number of likely N-dealkylation sites (tertiary alicyclic amines) is 1. The first-order valence-electron chi connectivity index (χ1n) is 9.16. The lowest BCUT2D eigenvalue weighted by molar-refractivity contribution is -0.131. The molecule has 1 N–H and O–H groups in total. The molecule has 144 valence electrons. The van der Waals surface area contributed by atoms with E-state index in [1.165, 1.54) is 0 Å². The summed E-state index contributed by atoms with van der Waals surface area (Å²) >= 11 is 0. The molecule has 7 heteroatoms. The van der Waals surface area contributed by atoms with E-state index in [1.54, 1.807) is 39.6 Å². The van der Waals surface area contributed by atoms with Crippen molar-refractivity contribution in [3.05, 3.63) is 22.5 Å². The van der Waals surface area contributed by atoms with Gasteiger partial charge in [0.2, 0.25) is 5.91 Å². The number of H-pyrrole nitrogens is 1. The molecule has 0 saturated carbocycles. The number of likely N-dealkylation sites (N-methyl/N-ethyl adjacent to an activating group) is 1. The van der Waals surface area contributed by atoms with Crippen LogP contribution in [0.5, 0.6) is 0 Å². The summed E-state index contributed by atoms with van der Waals surface area (Å²) in [5, 5.41) is 0. The van der Waals surface area contributed by atoms with Crippen LogP contribution in [0.3, 0.4) is 0 Å². The number of esters is 1. The number of nitrogens with zero attached hydrogens (tertiary/aromatic N) is 2. The van der Waals surface area contributed by atoms with Crippen molar-refractivity contribution in [2.24, 2.45) is 0 Å². The van der Waals surface area contributed by atoms with Gasteiger partial charge in [0.25, 0.3) is 0 Å². The van der Waals surface area contributed by atoms with Crippen molar-refractivity contribution in [2.45, 2.75) is 46.6 Å². The minimum Gasteiger partial charge on any atom is -0.462 e. The Bertz CT molecular complexity index is 689. The first-order chi connectivity index (χ1) is 12.3. The topological polar surface area (TPSA) is 82.7 Å². The number of ketones is 1. The van der Waals surface area contributed by atoms with E-state index < -0.39 is 12.0 Å². The van der Waals surface area contributed by atoms with Gasteiger partial charge < -0.3 is 14.6 Å². The van der Waals surface area contributed by atoms with Crippen molar-refractivity contribution in [2.75, 3.05) is 33.3 Å². The second-order valence-corrected chi connectivity index (χ2v) is 6.89. The fourth-order valence-corrected chi connectivity index (χ4v) is 3.33. The highest BCUT2D eigenvalue weighted by Gasteiger charge is 2.29. The van der Waals surface area contributed by atoms with Crippen LogP contribution in [-0.4, -0.2) is 71.8 Å². The summed E-state index contributed by atoms with van der Waals surface area (Å²) in [5.41, 5.74) is 2.03. The molecule has 2 rings (SSSR count). The van der Waals surface area contributed by atoms with Gasteiger partial charge in [-0.3, -0.25) is 14.5 Å². The number of hydrogen-bond donors (Lipinski definition) is 1.